The van der Waals surface area contributed by atoms with Crippen molar-refractivity contribution >= 4 is 22.6 Å². The number of carbonyl (C=O) groups excluding carboxylic acids is 1. The number of carbonyl (C=O) groups is 1. The average molecular weight is 410 g/mol. The molecule has 0 aliphatic rings. The number of hydrogen-bond acceptors (Lipinski definition) is 6. The molecule has 0 bridgehead atoms. The Morgan fingerprint density at radius 1 is 0.968 bits per heavy atom. The highest BCUT2D eigenvalue weighted by Crippen LogP contribution is 2.27. The van der Waals surface area contributed by atoms with Gasteiger partial charge in [-0.15, -0.1) is 0 Å². The van der Waals surface area contributed by atoms with Gasteiger partial charge in [-0.3, -0.25) is 9.78 Å². The van der Waals surface area contributed by atoms with Gasteiger partial charge in [0.15, 0.2) is 0 Å². The van der Waals surface area contributed by atoms with E-state index in [2.05, 4.69) is 30.4 Å². The standard InChI is InChI=1S/C23H18N6O2/c30-20(9-10-21-28-22(29-31-21)15-11-13-24-14-12-15)25-17-6-2-1-5-16(17)23-26-18-7-3-4-8-19(18)27-23/h1-8,11-14H,9-10H2,(H,25,30)(H,26,27). The van der Waals surface area contributed by atoms with Gasteiger partial charge in [0, 0.05) is 36.4 Å². The van der Waals surface area contributed by atoms with Crippen molar-refractivity contribution in [2.45, 2.75) is 12.8 Å². The van der Waals surface area contributed by atoms with Crippen LogP contribution >= 0.6 is 0 Å². The van der Waals surface area contributed by atoms with Crippen molar-refractivity contribution in [1.29, 1.82) is 0 Å². The summed E-state index contributed by atoms with van der Waals surface area (Å²) in [5.41, 5.74) is 4.15. The monoisotopic (exact) mass is 410 g/mol. The number of anilines is 1. The number of aromatic nitrogens is 5. The number of rotatable bonds is 6. The summed E-state index contributed by atoms with van der Waals surface area (Å²) in [7, 11) is 0. The number of fused-ring (bicyclic) bond motifs is 1. The van der Waals surface area contributed by atoms with Gasteiger partial charge in [-0.1, -0.05) is 29.4 Å². The summed E-state index contributed by atoms with van der Waals surface area (Å²) in [5, 5.41) is 6.93. The van der Waals surface area contributed by atoms with Crippen molar-refractivity contribution < 1.29 is 9.32 Å². The van der Waals surface area contributed by atoms with E-state index in [1.165, 1.54) is 0 Å². The minimum atomic E-state index is -0.146. The minimum Gasteiger partial charge on any atom is -0.339 e. The van der Waals surface area contributed by atoms with Gasteiger partial charge in [-0.2, -0.15) is 4.98 Å². The number of amides is 1. The third-order valence-electron chi connectivity index (χ3n) is 4.82. The molecule has 0 spiro atoms. The first-order valence-corrected chi connectivity index (χ1v) is 9.83. The zero-order chi connectivity index (χ0) is 21.0. The molecule has 3 aromatic heterocycles. The van der Waals surface area contributed by atoms with E-state index in [1.807, 2.05) is 48.5 Å². The van der Waals surface area contributed by atoms with Crippen LogP contribution in [-0.4, -0.2) is 31.0 Å². The number of H-pyrrole nitrogens is 1. The first-order chi connectivity index (χ1) is 15.3. The lowest BCUT2D eigenvalue weighted by atomic mass is 10.1. The Kier molecular flexibility index (Phi) is 4.94. The van der Waals surface area contributed by atoms with Crippen molar-refractivity contribution in [2.24, 2.45) is 0 Å². The Balaban J connectivity index is 1.28. The molecule has 8 heteroatoms. The Labute approximate surface area is 177 Å². The Morgan fingerprint density at radius 2 is 1.77 bits per heavy atom. The highest BCUT2D eigenvalue weighted by atomic mass is 16.5. The lowest BCUT2D eigenvalue weighted by Crippen LogP contribution is -2.13. The van der Waals surface area contributed by atoms with Crippen LogP contribution in [0.5, 0.6) is 0 Å². The van der Waals surface area contributed by atoms with Crippen molar-refractivity contribution in [2.75, 3.05) is 5.32 Å². The van der Waals surface area contributed by atoms with E-state index in [0.29, 0.717) is 29.6 Å². The number of benzene rings is 2. The van der Waals surface area contributed by atoms with E-state index in [9.17, 15) is 4.79 Å². The topological polar surface area (TPSA) is 110 Å². The van der Waals surface area contributed by atoms with Crippen LogP contribution in [0.2, 0.25) is 0 Å². The molecule has 31 heavy (non-hydrogen) atoms. The van der Waals surface area contributed by atoms with Crippen molar-refractivity contribution in [3.05, 3.63) is 78.9 Å². The minimum absolute atomic E-state index is 0.146. The number of aryl methyl sites for hydroxylation is 1. The number of nitrogens with one attached hydrogen (secondary N) is 2. The maximum Gasteiger partial charge on any atom is 0.227 e. The van der Waals surface area contributed by atoms with E-state index in [-0.39, 0.29) is 12.3 Å². The largest absolute Gasteiger partial charge is 0.339 e. The smallest absolute Gasteiger partial charge is 0.227 e. The second kappa shape index (κ2) is 8.19. The Hall–Kier alpha value is -4.33. The molecule has 0 aliphatic carbocycles. The molecule has 0 saturated heterocycles. The first kappa shape index (κ1) is 18.7. The lowest BCUT2D eigenvalue weighted by molar-refractivity contribution is -0.116. The van der Waals surface area contributed by atoms with Gasteiger partial charge in [0.05, 0.1) is 16.7 Å². The molecule has 1 amide bonds. The van der Waals surface area contributed by atoms with Crippen LogP contribution in [-0.2, 0) is 11.2 Å². The molecule has 8 nitrogen and oxygen atoms in total. The van der Waals surface area contributed by atoms with E-state index in [4.69, 9.17) is 4.52 Å². The summed E-state index contributed by atoms with van der Waals surface area (Å²) in [4.78, 5) is 28.8. The molecule has 0 atom stereocenters. The molecule has 2 N–H and O–H groups in total. The number of para-hydroxylation sites is 3. The number of imidazole rings is 1. The van der Waals surface area contributed by atoms with E-state index in [1.54, 1.807) is 24.5 Å². The van der Waals surface area contributed by atoms with E-state index < -0.39 is 0 Å². The zero-order valence-electron chi connectivity index (χ0n) is 16.4. The fourth-order valence-corrected chi connectivity index (χ4v) is 3.29. The normalized spacial score (nSPS) is 11.0. The fourth-order valence-electron chi connectivity index (χ4n) is 3.29. The van der Waals surface area contributed by atoms with Crippen LogP contribution in [0.25, 0.3) is 33.8 Å². The van der Waals surface area contributed by atoms with Gasteiger partial charge in [0.25, 0.3) is 0 Å². The van der Waals surface area contributed by atoms with E-state index >= 15 is 0 Å². The Bertz CT molecular complexity index is 1310. The van der Waals surface area contributed by atoms with Crippen molar-refractivity contribution in [3.63, 3.8) is 0 Å². The maximum absolute atomic E-state index is 12.6. The summed E-state index contributed by atoms with van der Waals surface area (Å²) < 4.78 is 5.27. The van der Waals surface area contributed by atoms with Crippen molar-refractivity contribution in [1.82, 2.24) is 25.1 Å². The molecule has 0 saturated carbocycles. The Morgan fingerprint density at radius 3 is 2.65 bits per heavy atom. The average Bonchev–Trinajstić information content (AvgIpc) is 3.46. The van der Waals surface area contributed by atoms with Crippen LogP contribution in [0.1, 0.15) is 12.3 Å². The quantitative estimate of drug-likeness (QED) is 0.433. The number of nitrogens with zero attached hydrogens (tertiary/aromatic N) is 4. The highest BCUT2D eigenvalue weighted by molar-refractivity contribution is 5.95. The van der Waals surface area contributed by atoms with Gasteiger partial charge in [-0.05, 0) is 36.4 Å². The molecule has 5 aromatic rings. The zero-order valence-corrected chi connectivity index (χ0v) is 16.4. The molecular weight excluding hydrogens is 392 g/mol. The number of hydrogen-bond donors (Lipinski definition) is 2. The molecule has 3 heterocycles. The number of aromatic amines is 1. The maximum atomic E-state index is 12.6. The van der Waals surface area contributed by atoms with Crippen LogP contribution in [0.3, 0.4) is 0 Å². The van der Waals surface area contributed by atoms with Crippen LogP contribution < -0.4 is 5.32 Å². The predicted molar refractivity (Wildman–Crippen MR) is 116 cm³/mol. The fraction of sp³-hybridized carbons (Fsp3) is 0.0870. The molecule has 0 fully saturated rings. The summed E-state index contributed by atoms with van der Waals surface area (Å²) in [5.74, 6) is 1.45. The van der Waals surface area contributed by atoms with E-state index in [0.717, 1.165) is 22.2 Å². The highest BCUT2D eigenvalue weighted by Gasteiger charge is 2.14. The second-order valence-electron chi connectivity index (χ2n) is 6.94. The van der Waals surface area contributed by atoms with Gasteiger partial charge >= 0.3 is 0 Å². The van der Waals surface area contributed by atoms with Gasteiger partial charge in [0.2, 0.25) is 17.6 Å². The van der Waals surface area contributed by atoms with Gasteiger partial charge in [0.1, 0.15) is 5.82 Å². The first-order valence-electron chi connectivity index (χ1n) is 9.83. The second-order valence-corrected chi connectivity index (χ2v) is 6.94. The molecule has 0 radical (unpaired) electrons. The molecule has 152 valence electrons. The van der Waals surface area contributed by atoms with Crippen LogP contribution in [0.15, 0.2) is 77.6 Å². The van der Waals surface area contributed by atoms with Gasteiger partial charge < -0.3 is 14.8 Å². The summed E-state index contributed by atoms with van der Waals surface area (Å²) >= 11 is 0. The van der Waals surface area contributed by atoms with Crippen LogP contribution in [0.4, 0.5) is 5.69 Å². The summed E-state index contributed by atoms with van der Waals surface area (Å²) in [6.45, 7) is 0. The third kappa shape index (κ3) is 4.04. The lowest BCUT2D eigenvalue weighted by Gasteiger charge is -2.09. The van der Waals surface area contributed by atoms with Crippen molar-refractivity contribution in [3.8, 4) is 22.8 Å². The molecule has 0 unspecified atom stereocenters. The SMILES string of the molecule is O=C(CCc1nc(-c2ccncc2)no1)Nc1ccccc1-c1nc2ccccc2[nH]1. The van der Waals surface area contributed by atoms with Crippen LogP contribution in [0, 0.1) is 0 Å². The van der Waals surface area contributed by atoms with Gasteiger partial charge in [-0.25, -0.2) is 4.98 Å². The molecule has 0 aliphatic heterocycles. The summed E-state index contributed by atoms with van der Waals surface area (Å²) in [6, 6.07) is 19.0. The number of pyridine rings is 1. The third-order valence-corrected chi connectivity index (χ3v) is 4.82. The molecule has 2 aromatic carbocycles. The summed E-state index contributed by atoms with van der Waals surface area (Å²) in [6.07, 6.45) is 3.89. The molecular formula is C23H18N6O2. The molecule has 5 rings (SSSR count). The predicted octanol–water partition coefficient (Wildman–Crippen LogP) is 4.25.